The molecule has 0 heterocycles. The SMILES string of the molecule is Cc1cc(C)cc(N(CCCC(=O)N(Cc2ccccc2Cl)[C@@H](C)C(=O)NC2CCCCC2)S(C)(=O)=O)c1. The van der Waals surface area contributed by atoms with E-state index in [-0.39, 0.29) is 37.4 Å². The van der Waals surface area contributed by atoms with Crippen LogP contribution in [-0.2, 0) is 26.2 Å². The van der Waals surface area contributed by atoms with E-state index in [0.717, 1.165) is 42.4 Å². The molecule has 0 radical (unpaired) electrons. The number of rotatable bonds is 11. The van der Waals surface area contributed by atoms with E-state index in [4.69, 9.17) is 11.6 Å². The molecule has 0 bridgehead atoms. The lowest BCUT2D eigenvalue weighted by molar-refractivity contribution is -0.141. The molecule has 0 unspecified atom stereocenters. The average Bonchev–Trinajstić information content (AvgIpc) is 2.84. The van der Waals surface area contributed by atoms with E-state index >= 15 is 0 Å². The van der Waals surface area contributed by atoms with Crippen LogP contribution in [0.5, 0.6) is 0 Å². The number of hydrogen-bond donors (Lipinski definition) is 1. The number of benzene rings is 2. The molecule has 0 saturated heterocycles. The lowest BCUT2D eigenvalue weighted by Gasteiger charge is -2.32. The molecule has 1 N–H and O–H groups in total. The number of hydrogen-bond acceptors (Lipinski definition) is 4. The van der Waals surface area contributed by atoms with Gasteiger partial charge in [-0.05, 0) is 74.9 Å². The van der Waals surface area contributed by atoms with E-state index in [1.54, 1.807) is 17.9 Å². The fraction of sp³-hybridized carbons (Fsp3) is 0.517. The minimum atomic E-state index is -3.54. The average molecular weight is 562 g/mol. The molecule has 0 spiro atoms. The molecule has 2 amide bonds. The van der Waals surface area contributed by atoms with Gasteiger partial charge in [0.25, 0.3) is 0 Å². The zero-order chi connectivity index (χ0) is 27.9. The Morgan fingerprint density at radius 3 is 2.29 bits per heavy atom. The first kappa shape index (κ1) is 30.0. The fourth-order valence-corrected chi connectivity index (χ4v) is 6.20. The van der Waals surface area contributed by atoms with Gasteiger partial charge in [-0.1, -0.05) is 55.1 Å². The van der Waals surface area contributed by atoms with Gasteiger partial charge in [-0.2, -0.15) is 0 Å². The van der Waals surface area contributed by atoms with Gasteiger partial charge in [-0.3, -0.25) is 13.9 Å². The number of aryl methyl sites for hydroxylation is 2. The topological polar surface area (TPSA) is 86.8 Å². The minimum Gasteiger partial charge on any atom is -0.352 e. The van der Waals surface area contributed by atoms with Gasteiger partial charge in [0.1, 0.15) is 6.04 Å². The summed E-state index contributed by atoms with van der Waals surface area (Å²) in [6.07, 6.45) is 6.88. The standard InChI is InChI=1S/C29H40ClN3O4S/c1-21-17-22(2)19-26(18-21)33(38(4,36)37)16-10-15-28(34)32(20-24-11-8-9-14-27(24)30)23(3)29(35)31-25-12-6-5-7-13-25/h8-9,11,14,17-19,23,25H,5-7,10,12-13,15-16,20H2,1-4H3,(H,31,35)/t23-/m0/s1. The molecule has 7 nitrogen and oxygen atoms in total. The second-order valence-electron chi connectivity index (χ2n) is 10.4. The van der Waals surface area contributed by atoms with Gasteiger partial charge in [0, 0.05) is 30.6 Å². The van der Waals surface area contributed by atoms with Crippen LogP contribution in [0.2, 0.25) is 5.02 Å². The molecule has 1 fully saturated rings. The lowest BCUT2D eigenvalue weighted by atomic mass is 9.95. The number of carbonyl (C=O) groups is 2. The number of nitrogens with zero attached hydrogens (tertiary/aromatic N) is 2. The third-order valence-corrected chi connectivity index (χ3v) is 8.63. The summed E-state index contributed by atoms with van der Waals surface area (Å²) < 4.78 is 26.5. The van der Waals surface area contributed by atoms with Crippen molar-refractivity contribution in [3.8, 4) is 0 Å². The van der Waals surface area contributed by atoms with E-state index < -0.39 is 16.1 Å². The van der Waals surface area contributed by atoms with E-state index in [0.29, 0.717) is 17.1 Å². The van der Waals surface area contributed by atoms with Gasteiger partial charge in [-0.15, -0.1) is 0 Å². The van der Waals surface area contributed by atoms with Gasteiger partial charge in [0.15, 0.2) is 0 Å². The molecule has 1 aliphatic carbocycles. The highest BCUT2D eigenvalue weighted by molar-refractivity contribution is 7.92. The summed E-state index contributed by atoms with van der Waals surface area (Å²) in [5, 5.41) is 3.66. The highest BCUT2D eigenvalue weighted by Crippen LogP contribution is 2.24. The second kappa shape index (κ2) is 13.5. The van der Waals surface area contributed by atoms with Crippen LogP contribution in [-0.4, -0.2) is 50.0 Å². The molecule has 1 atom stereocenters. The molecule has 208 valence electrons. The summed E-state index contributed by atoms with van der Waals surface area (Å²) in [5.41, 5.74) is 3.28. The molecule has 3 rings (SSSR count). The third kappa shape index (κ3) is 8.46. The Bertz CT molecular complexity index is 1210. The quantitative estimate of drug-likeness (QED) is 0.399. The maximum atomic E-state index is 13.5. The molecular weight excluding hydrogens is 522 g/mol. The Morgan fingerprint density at radius 2 is 1.68 bits per heavy atom. The van der Waals surface area contributed by atoms with Crippen molar-refractivity contribution in [3.63, 3.8) is 0 Å². The van der Waals surface area contributed by atoms with Crippen LogP contribution in [0.3, 0.4) is 0 Å². The van der Waals surface area contributed by atoms with Crippen LogP contribution >= 0.6 is 11.6 Å². The number of anilines is 1. The van der Waals surface area contributed by atoms with Crippen molar-refractivity contribution in [2.24, 2.45) is 0 Å². The summed E-state index contributed by atoms with van der Waals surface area (Å²) in [4.78, 5) is 28.2. The molecule has 9 heteroatoms. The van der Waals surface area contributed by atoms with Gasteiger partial charge >= 0.3 is 0 Å². The van der Waals surface area contributed by atoms with Crippen molar-refractivity contribution in [3.05, 3.63) is 64.2 Å². The Labute approximate surface area is 232 Å². The molecule has 0 aliphatic heterocycles. The Morgan fingerprint density at radius 1 is 1.05 bits per heavy atom. The van der Waals surface area contributed by atoms with Crippen molar-refractivity contribution >= 4 is 39.1 Å². The molecule has 1 aliphatic rings. The third-order valence-electron chi connectivity index (χ3n) is 7.06. The highest BCUT2D eigenvalue weighted by Gasteiger charge is 2.29. The van der Waals surface area contributed by atoms with Crippen molar-refractivity contribution in [1.29, 1.82) is 0 Å². The zero-order valence-corrected chi connectivity index (χ0v) is 24.4. The summed E-state index contributed by atoms with van der Waals surface area (Å²) in [5.74, 6) is -0.393. The summed E-state index contributed by atoms with van der Waals surface area (Å²) in [6.45, 7) is 5.95. The Balaban J connectivity index is 1.74. The van der Waals surface area contributed by atoms with Crippen molar-refractivity contribution in [1.82, 2.24) is 10.2 Å². The normalized spacial score (nSPS) is 15.1. The number of sulfonamides is 1. The molecule has 1 saturated carbocycles. The first-order chi connectivity index (χ1) is 18.0. The van der Waals surface area contributed by atoms with Crippen LogP contribution in [0.15, 0.2) is 42.5 Å². The van der Waals surface area contributed by atoms with Crippen LogP contribution < -0.4 is 9.62 Å². The molecular formula is C29H40ClN3O4S. The van der Waals surface area contributed by atoms with Crippen molar-refractivity contribution in [2.75, 3.05) is 17.1 Å². The maximum Gasteiger partial charge on any atom is 0.242 e. The van der Waals surface area contributed by atoms with Crippen LogP contribution in [0.1, 0.15) is 68.6 Å². The first-order valence-corrected chi connectivity index (χ1v) is 15.6. The predicted molar refractivity (Wildman–Crippen MR) is 154 cm³/mol. The van der Waals surface area contributed by atoms with Gasteiger partial charge in [-0.25, -0.2) is 8.42 Å². The molecule has 38 heavy (non-hydrogen) atoms. The fourth-order valence-electron chi connectivity index (χ4n) is 5.06. The van der Waals surface area contributed by atoms with E-state index in [9.17, 15) is 18.0 Å². The molecule has 2 aromatic rings. The van der Waals surface area contributed by atoms with Crippen LogP contribution in [0.4, 0.5) is 5.69 Å². The highest BCUT2D eigenvalue weighted by atomic mass is 35.5. The molecule has 0 aromatic heterocycles. The largest absolute Gasteiger partial charge is 0.352 e. The monoisotopic (exact) mass is 561 g/mol. The van der Waals surface area contributed by atoms with Crippen molar-refractivity contribution < 1.29 is 18.0 Å². The summed E-state index contributed by atoms with van der Waals surface area (Å²) in [7, 11) is -3.54. The Hall–Kier alpha value is -2.58. The number of nitrogens with one attached hydrogen (secondary N) is 1. The summed E-state index contributed by atoms with van der Waals surface area (Å²) in [6, 6.07) is 12.4. The maximum absolute atomic E-state index is 13.5. The second-order valence-corrected chi connectivity index (χ2v) is 12.7. The van der Waals surface area contributed by atoms with Gasteiger partial charge in [0.05, 0.1) is 11.9 Å². The minimum absolute atomic E-state index is 0.0995. The van der Waals surface area contributed by atoms with E-state index in [1.165, 1.54) is 17.0 Å². The Kier molecular flexibility index (Phi) is 10.6. The molecule has 2 aromatic carbocycles. The van der Waals surface area contributed by atoms with Crippen LogP contribution in [0.25, 0.3) is 0 Å². The number of carbonyl (C=O) groups excluding carboxylic acids is 2. The number of halogens is 1. The zero-order valence-electron chi connectivity index (χ0n) is 22.9. The van der Waals surface area contributed by atoms with E-state index in [1.807, 2.05) is 50.2 Å². The van der Waals surface area contributed by atoms with Gasteiger partial charge < -0.3 is 10.2 Å². The van der Waals surface area contributed by atoms with Crippen LogP contribution in [0, 0.1) is 13.8 Å². The predicted octanol–water partition coefficient (Wildman–Crippen LogP) is 5.37. The van der Waals surface area contributed by atoms with Gasteiger partial charge in [0.2, 0.25) is 21.8 Å². The summed E-state index contributed by atoms with van der Waals surface area (Å²) >= 11 is 6.39. The first-order valence-electron chi connectivity index (χ1n) is 13.3. The van der Waals surface area contributed by atoms with Crippen molar-refractivity contribution in [2.45, 2.75) is 84.3 Å². The van der Waals surface area contributed by atoms with E-state index in [2.05, 4.69) is 5.32 Å². The lowest BCUT2D eigenvalue weighted by Crippen LogP contribution is -2.50. The number of amides is 2. The smallest absolute Gasteiger partial charge is 0.242 e.